The Bertz CT molecular complexity index is 715. The smallest absolute Gasteiger partial charge is 0.138 e. The van der Waals surface area contributed by atoms with Gasteiger partial charge in [-0.3, -0.25) is 0 Å². The summed E-state index contributed by atoms with van der Waals surface area (Å²) < 4.78 is 7.14. The minimum absolute atomic E-state index is 0.0139. The number of fused-ring (bicyclic) bond motifs is 3. The van der Waals surface area contributed by atoms with E-state index in [2.05, 4.69) is 82.4 Å². The highest BCUT2D eigenvalue weighted by molar-refractivity contribution is 9.10. The third-order valence-corrected chi connectivity index (χ3v) is 5.48. The van der Waals surface area contributed by atoms with Crippen molar-refractivity contribution in [3.63, 3.8) is 0 Å². The molecular weight excluding hydrogens is 338 g/mol. The van der Waals surface area contributed by atoms with E-state index in [1.807, 2.05) is 0 Å². The zero-order valence-electron chi connectivity index (χ0n) is 12.3. The lowest BCUT2D eigenvalue weighted by Gasteiger charge is -2.35. The van der Waals surface area contributed by atoms with Gasteiger partial charge in [-0.15, -0.1) is 6.58 Å². The lowest BCUT2D eigenvalue weighted by molar-refractivity contribution is 0.103. The molecule has 112 valence electrons. The van der Waals surface area contributed by atoms with E-state index >= 15 is 0 Å². The monoisotopic (exact) mass is 355 g/mol. The third kappa shape index (κ3) is 1.89. The first kappa shape index (κ1) is 14.0. The Kier molecular flexibility index (Phi) is 3.35. The summed E-state index contributed by atoms with van der Waals surface area (Å²) in [5, 5.41) is 3.56. The summed E-state index contributed by atoms with van der Waals surface area (Å²) in [5.74, 6) is 0.226. The van der Waals surface area contributed by atoms with Crippen LogP contribution in [0, 0.1) is 0 Å². The van der Waals surface area contributed by atoms with Crippen molar-refractivity contribution in [1.82, 2.24) is 0 Å². The fraction of sp³-hybridized carbons (Fsp3) is 0.263. The highest BCUT2D eigenvalue weighted by Crippen LogP contribution is 2.56. The topological polar surface area (TPSA) is 21.3 Å². The summed E-state index contributed by atoms with van der Waals surface area (Å²) >= 11 is 3.62. The first-order chi connectivity index (χ1) is 10.8. The van der Waals surface area contributed by atoms with E-state index in [0.717, 1.165) is 17.5 Å². The van der Waals surface area contributed by atoms with Crippen LogP contribution in [0.5, 0.6) is 0 Å². The number of nitrogens with one attached hydrogen (secondary N) is 1. The van der Waals surface area contributed by atoms with Crippen molar-refractivity contribution in [3.05, 3.63) is 76.8 Å². The van der Waals surface area contributed by atoms with Crippen LogP contribution in [0.4, 0.5) is 5.69 Å². The molecule has 2 heterocycles. The molecule has 1 saturated heterocycles. The summed E-state index contributed by atoms with van der Waals surface area (Å²) in [6.45, 7) is 4.92. The van der Waals surface area contributed by atoms with Gasteiger partial charge in [-0.25, -0.2) is 0 Å². The van der Waals surface area contributed by atoms with Crippen molar-refractivity contribution >= 4 is 21.6 Å². The van der Waals surface area contributed by atoms with Crippen LogP contribution >= 0.6 is 15.9 Å². The van der Waals surface area contributed by atoms with E-state index < -0.39 is 0 Å². The van der Waals surface area contributed by atoms with Crippen LogP contribution in [0.2, 0.25) is 0 Å². The van der Waals surface area contributed by atoms with Gasteiger partial charge in [0.25, 0.3) is 0 Å². The SMILES string of the molecule is C=C[C@@H](c1ccccc1)[C@@]12CCO[C@@H]1Nc1ccc(Br)cc12. The van der Waals surface area contributed by atoms with Gasteiger partial charge in [-0.2, -0.15) is 0 Å². The molecule has 2 aliphatic heterocycles. The van der Waals surface area contributed by atoms with Crippen LogP contribution in [0.25, 0.3) is 0 Å². The molecule has 2 nitrogen and oxygen atoms in total. The van der Waals surface area contributed by atoms with Gasteiger partial charge < -0.3 is 10.1 Å². The van der Waals surface area contributed by atoms with E-state index in [9.17, 15) is 0 Å². The van der Waals surface area contributed by atoms with E-state index in [-0.39, 0.29) is 17.6 Å². The van der Waals surface area contributed by atoms with Gasteiger partial charge >= 0.3 is 0 Å². The van der Waals surface area contributed by atoms with Gasteiger partial charge in [-0.05, 0) is 35.7 Å². The Morgan fingerprint density at radius 2 is 2.09 bits per heavy atom. The number of rotatable bonds is 3. The molecule has 22 heavy (non-hydrogen) atoms. The molecular formula is C19H18BrNO. The number of benzene rings is 2. The number of anilines is 1. The Hall–Kier alpha value is -1.58. The van der Waals surface area contributed by atoms with Crippen molar-refractivity contribution < 1.29 is 4.74 Å². The summed E-state index contributed by atoms with van der Waals surface area (Å²) in [5.41, 5.74) is 3.72. The van der Waals surface area contributed by atoms with Crippen LogP contribution in [-0.4, -0.2) is 12.8 Å². The predicted molar refractivity (Wildman–Crippen MR) is 93.2 cm³/mol. The molecule has 2 aromatic rings. The Morgan fingerprint density at radius 3 is 2.86 bits per heavy atom. The lowest BCUT2D eigenvalue weighted by atomic mass is 9.67. The van der Waals surface area contributed by atoms with Crippen LogP contribution < -0.4 is 5.32 Å². The molecule has 4 rings (SSSR count). The molecule has 0 radical (unpaired) electrons. The molecule has 0 saturated carbocycles. The summed E-state index contributed by atoms with van der Waals surface area (Å²) in [4.78, 5) is 0. The second kappa shape index (κ2) is 5.25. The zero-order valence-corrected chi connectivity index (χ0v) is 13.8. The number of hydrogen-bond donors (Lipinski definition) is 1. The van der Waals surface area contributed by atoms with Gasteiger partial charge in [0.15, 0.2) is 0 Å². The van der Waals surface area contributed by atoms with Crippen molar-refractivity contribution in [3.8, 4) is 0 Å². The molecule has 2 aromatic carbocycles. The van der Waals surface area contributed by atoms with Gasteiger partial charge in [0.05, 0.1) is 12.0 Å². The van der Waals surface area contributed by atoms with Crippen LogP contribution in [0.3, 0.4) is 0 Å². The summed E-state index contributed by atoms with van der Waals surface area (Å²) in [6.07, 6.45) is 3.09. The molecule has 0 amide bonds. The molecule has 1 N–H and O–H groups in total. The van der Waals surface area contributed by atoms with E-state index in [4.69, 9.17) is 4.74 Å². The molecule has 0 aromatic heterocycles. The van der Waals surface area contributed by atoms with Crippen molar-refractivity contribution in [2.45, 2.75) is 24.0 Å². The minimum Gasteiger partial charge on any atom is -0.359 e. The highest BCUT2D eigenvalue weighted by atomic mass is 79.9. The second-order valence-corrected chi connectivity index (χ2v) is 6.92. The first-order valence-electron chi connectivity index (χ1n) is 7.61. The normalized spacial score (nSPS) is 26.9. The van der Waals surface area contributed by atoms with Crippen LogP contribution in [-0.2, 0) is 10.2 Å². The molecule has 0 spiro atoms. The largest absolute Gasteiger partial charge is 0.359 e. The maximum absolute atomic E-state index is 6.03. The molecule has 2 aliphatic rings. The van der Waals surface area contributed by atoms with Crippen molar-refractivity contribution in [2.75, 3.05) is 11.9 Å². The zero-order chi connectivity index (χ0) is 15.2. The molecule has 0 aliphatic carbocycles. The van der Waals surface area contributed by atoms with Gasteiger partial charge in [-0.1, -0.05) is 52.3 Å². The predicted octanol–water partition coefficient (Wildman–Crippen LogP) is 4.83. The maximum Gasteiger partial charge on any atom is 0.138 e. The molecule has 0 unspecified atom stereocenters. The van der Waals surface area contributed by atoms with E-state index in [1.54, 1.807) is 0 Å². The summed E-state index contributed by atoms with van der Waals surface area (Å²) in [6, 6.07) is 17.1. The molecule has 0 bridgehead atoms. The van der Waals surface area contributed by atoms with Crippen LogP contribution in [0.1, 0.15) is 23.5 Å². The minimum atomic E-state index is -0.0811. The van der Waals surface area contributed by atoms with E-state index in [1.165, 1.54) is 16.8 Å². The Morgan fingerprint density at radius 1 is 1.27 bits per heavy atom. The Balaban J connectivity index is 1.91. The van der Waals surface area contributed by atoms with Gasteiger partial charge in [0.1, 0.15) is 6.23 Å². The average Bonchev–Trinajstić information content (AvgIpc) is 3.06. The second-order valence-electron chi connectivity index (χ2n) is 6.00. The fourth-order valence-electron chi connectivity index (χ4n) is 4.03. The van der Waals surface area contributed by atoms with E-state index in [0.29, 0.717) is 0 Å². The maximum atomic E-state index is 6.03. The van der Waals surface area contributed by atoms with Crippen molar-refractivity contribution in [1.29, 1.82) is 0 Å². The highest BCUT2D eigenvalue weighted by Gasteiger charge is 2.55. The first-order valence-corrected chi connectivity index (χ1v) is 8.40. The number of allylic oxidation sites excluding steroid dienone is 1. The third-order valence-electron chi connectivity index (χ3n) is 4.99. The molecule has 3 heteroatoms. The molecule has 3 atom stereocenters. The quantitative estimate of drug-likeness (QED) is 0.796. The average molecular weight is 356 g/mol. The number of ether oxygens (including phenoxy) is 1. The van der Waals surface area contributed by atoms with Crippen LogP contribution in [0.15, 0.2) is 65.7 Å². The Labute approximate surface area is 139 Å². The number of hydrogen-bond acceptors (Lipinski definition) is 2. The van der Waals surface area contributed by atoms with Crippen molar-refractivity contribution in [2.24, 2.45) is 0 Å². The lowest BCUT2D eigenvalue weighted by Crippen LogP contribution is -2.39. The molecule has 1 fully saturated rings. The number of halogens is 1. The van der Waals surface area contributed by atoms with Gasteiger partial charge in [0.2, 0.25) is 0 Å². The van der Waals surface area contributed by atoms with Gasteiger partial charge in [0, 0.05) is 16.1 Å². The summed E-state index contributed by atoms with van der Waals surface area (Å²) in [7, 11) is 0. The fourth-order valence-corrected chi connectivity index (χ4v) is 4.39. The standard InChI is InChI=1S/C19H18BrNO/c1-2-15(13-6-4-3-5-7-13)19-10-11-22-18(19)21-17-9-8-14(20)12-16(17)19/h2-9,12,15,18,21H,1,10-11H2/t15-,18-,19+/m0/s1.